The summed E-state index contributed by atoms with van der Waals surface area (Å²) in [6, 6.07) is 0. The molecule has 70 valence electrons. The van der Waals surface area contributed by atoms with Crippen LogP contribution in [0.3, 0.4) is 0 Å². The zero-order valence-corrected chi connectivity index (χ0v) is 7.94. The summed E-state index contributed by atoms with van der Waals surface area (Å²) in [5.41, 5.74) is 1.36. The summed E-state index contributed by atoms with van der Waals surface area (Å²) in [5.74, 6) is 0.745. The first-order valence-corrected chi connectivity index (χ1v) is 4.72. The van der Waals surface area contributed by atoms with Gasteiger partial charge in [-0.15, -0.1) is 0 Å². The van der Waals surface area contributed by atoms with Crippen molar-refractivity contribution in [3.8, 4) is 0 Å². The molecule has 0 aromatic carbocycles. The van der Waals surface area contributed by atoms with Crippen molar-refractivity contribution in [2.75, 3.05) is 26.8 Å². The highest BCUT2D eigenvalue weighted by atomic mass is 16.5. The molecule has 2 nitrogen and oxygen atoms in total. The average Bonchev–Trinajstić information content (AvgIpc) is 2.53. The van der Waals surface area contributed by atoms with Gasteiger partial charge in [-0.05, 0) is 38.8 Å². The van der Waals surface area contributed by atoms with Crippen LogP contribution in [0.5, 0.6) is 0 Å². The maximum Gasteiger partial charge on any atom is 0.0498 e. The summed E-state index contributed by atoms with van der Waals surface area (Å²) in [7, 11) is 1.98. The van der Waals surface area contributed by atoms with Crippen LogP contribution in [-0.4, -0.2) is 26.8 Å². The van der Waals surface area contributed by atoms with E-state index in [4.69, 9.17) is 4.74 Å². The summed E-state index contributed by atoms with van der Waals surface area (Å²) in [6.45, 7) is 7.00. The van der Waals surface area contributed by atoms with Gasteiger partial charge in [0.1, 0.15) is 0 Å². The molecule has 0 bridgehead atoms. The number of rotatable bonds is 5. The first-order valence-electron chi connectivity index (χ1n) is 4.72. The van der Waals surface area contributed by atoms with E-state index in [1.165, 1.54) is 12.0 Å². The van der Waals surface area contributed by atoms with E-state index in [0.29, 0.717) is 0 Å². The lowest BCUT2D eigenvalue weighted by atomic mass is 9.98. The highest BCUT2D eigenvalue weighted by molar-refractivity contribution is 4.96. The van der Waals surface area contributed by atoms with Crippen molar-refractivity contribution in [2.45, 2.75) is 19.3 Å². The molecule has 1 aliphatic rings. The summed E-state index contributed by atoms with van der Waals surface area (Å²) >= 11 is 0. The molecule has 0 aromatic heterocycles. The van der Waals surface area contributed by atoms with E-state index in [0.717, 1.165) is 38.5 Å². The van der Waals surface area contributed by atoms with E-state index in [1.54, 1.807) is 0 Å². The minimum atomic E-state index is 0.745. The Labute approximate surface area is 75.0 Å². The molecule has 1 rings (SSSR count). The van der Waals surface area contributed by atoms with Crippen molar-refractivity contribution in [1.82, 2.24) is 5.32 Å². The summed E-state index contributed by atoms with van der Waals surface area (Å²) < 4.78 is 5.31. The predicted octanol–water partition coefficient (Wildman–Crippen LogP) is 1.58. The first-order chi connectivity index (χ1) is 5.83. The van der Waals surface area contributed by atoms with Gasteiger partial charge in [-0.3, -0.25) is 0 Å². The first kappa shape index (κ1) is 9.75. The quantitative estimate of drug-likeness (QED) is 0.631. The lowest BCUT2D eigenvalue weighted by Crippen LogP contribution is -2.09. The zero-order valence-electron chi connectivity index (χ0n) is 7.94. The molecule has 1 heterocycles. The number of nitrogens with one attached hydrogen (secondary N) is 1. The molecule has 0 aliphatic carbocycles. The molecule has 2 heteroatoms. The van der Waals surface area contributed by atoms with Gasteiger partial charge in [0.25, 0.3) is 0 Å². The predicted molar refractivity (Wildman–Crippen MR) is 51.2 cm³/mol. The number of hydrogen-bond donors (Lipinski definition) is 1. The lowest BCUT2D eigenvalue weighted by molar-refractivity contribution is 0.185. The second-order valence-corrected chi connectivity index (χ2v) is 3.54. The normalized spacial score (nSPS) is 22.9. The Morgan fingerprint density at radius 1 is 1.67 bits per heavy atom. The SMILES string of the molecule is C=C(CCNC)CC1CCOC1. The van der Waals surface area contributed by atoms with Crippen LogP contribution in [-0.2, 0) is 4.74 Å². The molecule has 0 aromatic rings. The third-order valence-corrected chi connectivity index (χ3v) is 2.33. The van der Waals surface area contributed by atoms with Crippen molar-refractivity contribution in [3.63, 3.8) is 0 Å². The highest BCUT2D eigenvalue weighted by Gasteiger charge is 2.15. The monoisotopic (exact) mass is 169 g/mol. The molecule has 1 unspecified atom stereocenters. The second kappa shape index (κ2) is 5.33. The fourth-order valence-corrected chi connectivity index (χ4v) is 1.56. The molecule has 1 N–H and O–H groups in total. The molecule has 0 spiro atoms. The Morgan fingerprint density at radius 2 is 2.50 bits per heavy atom. The molecular weight excluding hydrogens is 150 g/mol. The Bertz CT molecular complexity index is 139. The van der Waals surface area contributed by atoms with E-state index in [9.17, 15) is 0 Å². The zero-order chi connectivity index (χ0) is 8.81. The third-order valence-electron chi connectivity index (χ3n) is 2.33. The number of hydrogen-bond acceptors (Lipinski definition) is 2. The van der Waals surface area contributed by atoms with Gasteiger partial charge in [-0.2, -0.15) is 0 Å². The Kier molecular flexibility index (Phi) is 4.33. The molecule has 1 atom stereocenters. The van der Waals surface area contributed by atoms with E-state index in [-0.39, 0.29) is 0 Å². The fourth-order valence-electron chi connectivity index (χ4n) is 1.56. The molecule has 12 heavy (non-hydrogen) atoms. The summed E-state index contributed by atoms with van der Waals surface area (Å²) in [4.78, 5) is 0. The van der Waals surface area contributed by atoms with Crippen molar-refractivity contribution < 1.29 is 4.74 Å². The summed E-state index contributed by atoms with van der Waals surface area (Å²) in [6.07, 6.45) is 3.48. The fraction of sp³-hybridized carbons (Fsp3) is 0.800. The molecule has 1 fully saturated rings. The van der Waals surface area contributed by atoms with Gasteiger partial charge < -0.3 is 10.1 Å². The minimum Gasteiger partial charge on any atom is -0.381 e. The van der Waals surface area contributed by atoms with E-state index in [1.807, 2.05) is 7.05 Å². The third kappa shape index (κ3) is 3.37. The van der Waals surface area contributed by atoms with Crippen molar-refractivity contribution in [2.24, 2.45) is 5.92 Å². The van der Waals surface area contributed by atoms with Crippen LogP contribution in [0.25, 0.3) is 0 Å². The lowest BCUT2D eigenvalue weighted by Gasteiger charge is -2.09. The van der Waals surface area contributed by atoms with Gasteiger partial charge in [-0.1, -0.05) is 12.2 Å². The maximum atomic E-state index is 5.31. The van der Waals surface area contributed by atoms with Crippen molar-refractivity contribution >= 4 is 0 Å². The standard InChI is InChI=1S/C10H19NO/c1-9(3-5-11-2)7-10-4-6-12-8-10/h10-11H,1,3-8H2,2H3. The van der Waals surface area contributed by atoms with E-state index in [2.05, 4.69) is 11.9 Å². The average molecular weight is 169 g/mol. The van der Waals surface area contributed by atoms with Gasteiger partial charge >= 0.3 is 0 Å². The van der Waals surface area contributed by atoms with Gasteiger partial charge in [-0.25, -0.2) is 0 Å². The van der Waals surface area contributed by atoms with E-state index < -0.39 is 0 Å². The smallest absolute Gasteiger partial charge is 0.0498 e. The Balaban J connectivity index is 2.08. The molecule has 1 aliphatic heterocycles. The van der Waals surface area contributed by atoms with Crippen LogP contribution in [0, 0.1) is 5.92 Å². The summed E-state index contributed by atoms with van der Waals surface area (Å²) in [5, 5.41) is 3.13. The molecule has 1 saturated heterocycles. The van der Waals surface area contributed by atoms with Gasteiger partial charge in [0.2, 0.25) is 0 Å². The van der Waals surface area contributed by atoms with Crippen LogP contribution >= 0.6 is 0 Å². The van der Waals surface area contributed by atoms with Crippen LogP contribution in [0.1, 0.15) is 19.3 Å². The second-order valence-electron chi connectivity index (χ2n) is 3.54. The van der Waals surface area contributed by atoms with Crippen molar-refractivity contribution in [1.29, 1.82) is 0 Å². The topological polar surface area (TPSA) is 21.3 Å². The van der Waals surface area contributed by atoms with Crippen LogP contribution in [0.4, 0.5) is 0 Å². The molecule has 0 saturated carbocycles. The largest absolute Gasteiger partial charge is 0.381 e. The highest BCUT2D eigenvalue weighted by Crippen LogP contribution is 2.21. The Morgan fingerprint density at radius 3 is 3.08 bits per heavy atom. The Hall–Kier alpha value is -0.340. The van der Waals surface area contributed by atoms with Gasteiger partial charge in [0.15, 0.2) is 0 Å². The van der Waals surface area contributed by atoms with Crippen molar-refractivity contribution in [3.05, 3.63) is 12.2 Å². The van der Waals surface area contributed by atoms with Crippen LogP contribution in [0.15, 0.2) is 12.2 Å². The molecule has 0 radical (unpaired) electrons. The van der Waals surface area contributed by atoms with Gasteiger partial charge in [0, 0.05) is 13.2 Å². The molecular formula is C10H19NO. The number of ether oxygens (including phenoxy) is 1. The van der Waals surface area contributed by atoms with Crippen LogP contribution in [0.2, 0.25) is 0 Å². The maximum absolute atomic E-state index is 5.31. The van der Waals surface area contributed by atoms with E-state index >= 15 is 0 Å². The molecule has 0 amide bonds. The minimum absolute atomic E-state index is 0.745. The van der Waals surface area contributed by atoms with Gasteiger partial charge in [0.05, 0.1) is 0 Å². The van der Waals surface area contributed by atoms with Crippen LogP contribution < -0.4 is 5.32 Å².